The van der Waals surface area contributed by atoms with Gasteiger partial charge in [-0.2, -0.15) is 5.10 Å². The van der Waals surface area contributed by atoms with Crippen molar-refractivity contribution < 1.29 is 9.18 Å². The van der Waals surface area contributed by atoms with Gasteiger partial charge in [-0.25, -0.2) is 9.37 Å². The molecule has 0 saturated carbocycles. The van der Waals surface area contributed by atoms with Crippen molar-refractivity contribution in [1.29, 1.82) is 0 Å². The molecule has 2 aromatic carbocycles. The summed E-state index contributed by atoms with van der Waals surface area (Å²) in [5.41, 5.74) is 15.2. The smallest absolute Gasteiger partial charge is 0.268 e. The zero-order valence-corrected chi connectivity index (χ0v) is 16.7. The highest BCUT2D eigenvalue weighted by molar-refractivity contribution is 7.18. The molecule has 0 saturated heterocycles. The largest absolute Gasteiger partial charge is 0.364 e. The normalized spacial score (nSPS) is 10.6. The van der Waals surface area contributed by atoms with Crippen molar-refractivity contribution in [2.75, 3.05) is 0 Å². The molecule has 148 valence electrons. The Labute approximate surface area is 176 Å². The Morgan fingerprint density at radius 1 is 1.10 bits per heavy atom. The van der Waals surface area contributed by atoms with Crippen LogP contribution in [0.3, 0.4) is 0 Å². The second-order valence-corrected chi connectivity index (χ2v) is 7.14. The number of aromatic nitrogens is 3. The Kier molecular flexibility index (Phi) is 6.07. The van der Waals surface area contributed by atoms with E-state index in [0.29, 0.717) is 27.6 Å². The number of nitrogens with zero attached hydrogens (tertiary/aromatic N) is 2. The zero-order chi connectivity index (χ0) is 19.7. The third kappa shape index (κ3) is 4.04. The van der Waals surface area contributed by atoms with Crippen LogP contribution in [0, 0.1) is 5.82 Å². The van der Waals surface area contributed by atoms with Crippen LogP contribution in [0.5, 0.6) is 0 Å². The summed E-state index contributed by atoms with van der Waals surface area (Å²) in [6.45, 7) is 0.422. The molecule has 1 amide bonds. The van der Waals surface area contributed by atoms with Crippen LogP contribution in [0.25, 0.3) is 32.1 Å². The number of hydrogen-bond donors (Lipinski definition) is 3. The van der Waals surface area contributed by atoms with Crippen LogP contribution in [0.4, 0.5) is 4.39 Å². The number of nitrogens with two attached hydrogens (primary N) is 2. The van der Waals surface area contributed by atoms with Crippen molar-refractivity contribution >= 4 is 29.7 Å². The molecule has 4 aromatic rings. The van der Waals surface area contributed by atoms with Gasteiger partial charge in [-0.1, -0.05) is 24.3 Å². The lowest BCUT2D eigenvalue weighted by Crippen LogP contribution is -2.12. The number of hydrogen-bond acceptors (Lipinski definition) is 5. The summed E-state index contributed by atoms with van der Waals surface area (Å²) >= 11 is 1.31. The fraction of sp³-hybridized carbons (Fsp3) is 0.0500. The third-order valence-electron chi connectivity index (χ3n) is 4.33. The highest BCUT2D eigenvalue weighted by atomic mass is 35.5. The van der Waals surface area contributed by atoms with Crippen molar-refractivity contribution in [2.45, 2.75) is 6.54 Å². The molecule has 6 nitrogen and oxygen atoms in total. The van der Waals surface area contributed by atoms with Gasteiger partial charge in [0.1, 0.15) is 16.5 Å². The molecule has 0 radical (unpaired) electrons. The van der Waals surface area contributed by atoms with Gasteiger partial charge in [-0.15, -0.1) is 23.7 Å². The van der Waals surface area contributed by atoms with Crippen molar-refractivity contribution in [3.05, 3.63) is 71.9 Å². The Bertz CT molecular complexity index is 1140. The van der Waals surface area contributed by atoms with Crippen molar-refractivity contribution in [1.82, 2.24) is 15.2 Å². The summed E-state index contributed by atoms with van der Waals surface area (Å²) in [6.07, 6.45) is 3.30. The number of rotatable bonds is 5. The Balaban J connectivity index is 0.00000240. The topological polar surface area (TPSA) is 111 Å². The van der Waals surface area contributed by atoms with E-state index in [0.717, 1.165) is 16.7 Å². The molecule has 0 aliphatic carbocycles. The molecule has 2 aromatic heterocycles. The van der Waals surface area contributed by atoms with Gasteiger partial charge in [0.2, 0.25) is 0 Å². The van der Waals surface area contributed by atoms with Crippen LogP contribution < -0.4 is 11.5 Å². The monoisotopic (exact) mass is 429 g/mol. The molecule has 0 spiro atoms. The minimum atomic E-state index is -0.644. The van der Waals surface area contributed by atoms with Crippen LogP contribution in [0.1, 0.15) is 16.1 Å². The Hall–Kier alpha value is -3.07. The Morgan fingerprint density at radius 3 is 2.48 bits per heavy atom. The summed E-state index contributed by atoms with van der Waals surface area (Å²) < 4.78 is 14.0. The number of amides is 1. The van der Waals surface area contributed by atoms with E-state index in [4.69, 9.17) is 11.5 Å². The van der Waals surface area contributed by atoms with E-state index in [-0.39, 0.29) is 23.9 Å². The van der Waals surface area contributed by atoms with Gasteiger partial charge in [-0.05, 0) is 34.9 Å². The van der Waals surface area contributed by atoms with E-state index < -0.39 is 5.91 Å². The van der Waals surface area contributed by atoms with Crippen LogP contribution in [0.15, 0.2) is 54.9 Å². The standard InChI is InChI=1S/C20H16FN5OS.ClH/c21-14-5-6-15(16(7-14)12-3-1-11(8-22)2-4-12)18-17(19(23)27)26-20(28-18)13-9-24-25-10-13;/h1-7,9-10H,8,22H2,(H2,23,27)(H,24,25);1H. The molecule has 5 N–H and O–H groups in total. The zero-order valence-electron chi connectivity index (χ0n) is 15.1. The first-order chi connectivity index (χ1) is 13.6. The molecule has 4 rings (SSSR count). The Morgan fingerprint density at radius 2 is 1.86 bits per heavy atom. The average Bonchev–Trinajstić information content (AvgIpc) is 3.38. The lowest BCUT2D eigenvalue weighted by atomic mass is 9.97. The number of thiazole rings is 1. The van der Waals surface area contributed by atoms with E-state index in [1.54, 1.807) is 18.5 Å². The van der Waals surface area contributed by atoms with E-state index in [1.807, 2.05) is 24.3 Å². The SMILES string of the molecule is Cl.NCc1ccc(-c2cc(F)ccc2-c2sc(-c3cn[nH]c3)nc2C(N)=O)cc1. The maximum atomic E-state index is 14.0. The first-order valence-electron chi connectivity index (χ1n) is 8.46. The highest BCUT2D eigenvalue weighted by Crippen LogP contribution is 2.40. The lowest BCUT2D eigenvalue weighted by molar-refractivity contribution is 0.0997. The predicted octanol–water partition coefficient (Wildman–Crippen LogP) is 3.99. The molecule has 9 heteroatoms. The van der Waals surface area contributed by atoms with Gasteiger partial charge in [-0.3, -0.25) is 9.89 Å². The van der Waals surface area contributed by atoms with Crippen LogP contribution >= 0.6 is 23.7 Å². The third-order valence-corrected chi connectivity index (χ3v) is 5.47. The molecule has 29 heavy (non-hydrogen) atoms. The minimum absolute atomic E-state index is 0. The second kappa shape index (κ2) is 8.52. The molecule has 0 aliphatic rings. The van der Waals surface area contributed by atoms with Crippen LogP contribution in [0.2, 0.25) is 0 Å². The molecule has 0 aliphatic heterocycles. The number of halogens is 2. The van der Waals surface area contributed by atoms with Crippen LogP contribution in [-0.4, -0.2) is 21.1 Å². The van der Waals surface area contributed by atoms with E-state index >= 15 is 0 Å². The second-order valence-electron chi connectivity index (χ2n) is 6.14. The molecular formula is C20H17ClFN5OS. The van der Waals surface area contributed by atoms with Gasteiger partial charge >= 0.3 is 0 Å². The maximum absolute atomic E-state index is 14.0. The number of carbonyl (C=O) groups is 1. The van der Waals surface area contributed by atoms with Crippen molar-refractivity contribution in [3.63, 3.8) is 0 Å². The first-order valence-corrected chi connectivity index (χ1v) is 9.27. The number of nitrogens with one attached hydrogen (secondary N) is 1. The average molecular weight is 430 g/mol. The van der Waals surface area contributed by atoms with E-state index in [1.165, 1.54) is 23.5 Å². The summed E-state index contributed by atoms with van der Waals surface area (Å²) in [5.74, 6) is -1.02. The maximum Gasteiger partial charge on any atom is 0.268 e. The molecular weight excluding hydrogens is 413 g/mol. The summed E-state index contributed by atoms with van der Waals surface area (Å²) in [6, 6.07) is 12.0. The quantitative estimate of drug-likeness (QED) is 0.445. The number of H-pyrrole nitrogens is 1. The summed E-state index contributed by atoms with van der Waals surface area (Å²) in [5, 5.41) is 7.24. The highest BCUT2D eigenvalue weighted by Gasteiger charge is 2.21. The minimum Gasteiger partial charge on any atom is -0.364 e. The lowest BCUT2D eigenvalue weighted by Gasteiger charge is -2.10. The van der Waals surface area contributed by atoms with Gasteiger partial charge in [0, 0.05) is 23.9 Å². The number of aromatic amines is 1. The molecule has 0 atom stereocenters. The van der Waals surface area contributed by atoms with Crippen molar-refractivity contribution in [3.8, 4) is 32.1 Å². The first kappa shape index (κ1) is 20.7. The number of primary amides is 1. The summed E-state index contributed by atoms with van der Waals surface area (Å²) in [7, 11) is 0. The van der Waals surface area contributed by atoms with E-state index in [9.17, 15) is 9.18 Å². The van der Waals surface area contributed by atoms with Crippen molar-refractivity contribution in [2.24, 2.45) is 11.5 Å². The molecule has 0 bridgehead atoms. The number of carbonyl (C=O) groups excluding carboxylic acids is 1. The van der Waals surface area contributed by atoms with Gasteiger partial charge in [0.25, 0.3) is 5.91 Å². The van der Waals surface area contributed by atoms with Gasteiger partial charge < -0.3 is 11.5 Å². The molecule has 2 heterocycles. The number of benzene rings is 2. The predicted molar refractivity (Wildman–Crippen MR) is 114 cm³/mol. The van der Waals surface area contributed by atoms with Gasteiger partial charge in [0.15, 0.2) is 0 Å². The molecule has 0 unspecified atom stereocenters. The van der Waals surface area contributed by atoms with E-state index in [2.05, 4.69) is 15.2 Å². The molecule has 0 fully saturated rings. The summed E-state index contributed by atoms with van der Waals surface area (Å²) in [4.78, 5) is 17.0. The fourth-order valence-corrected chi connectivity index (χ4v) is 4.03. The van der Waals surface area contributed by atoms with Crippen LogP contribution in [-0.2, 0) is 6.54 Å². The van der Waals surface area contributed by atoms with Gasteiger partial charge in [0.05, 0.1) is 11.1 Å². The fourth-order valence-electron chi connectivity index (χ4n) is 2.93.